The van der Waals surface area contributed by atoms with Crippen molar-refractivity contribution >= 4 is 11.8 Å². The van der Waals surface area contributed by atoms with Crippen LogP contribution < -0.4 is 4.74 Å². The standard InChI is InChI=1S/C27H35N3O5/c1-4-5-10-29(3)26(33)22-14-23(25(32)15-24(22)31)27(34)30-16-18-6-7-21(13-19(18)17-30)35-20-8-11-28(2)12-9-20/h6-7,13-15,20,31-32H,4-5,8-12,16-17H2,1-3H3. The van der Waals surface area contributed by atoms with Gasteiger partial charge in [-0.15, -0.1) is 0 Å². The van der Waals surface area contributed by atoms with Gasteiger partial charge in [0.15, 0.2) is 0 Å². The molecule has 0 spiro atoms. The summed E-state index contributed by atoms with van der Waals surface area (Å²) in [7, 11) is 3.78. The molecule has 2 amide bonds. The SMILES string of the molecule is CCCCN(C)C(=O)c1cc(C(=O)N2Cc3ccc(OC4CCN(C)CC4)cc3C2)c(O)cc1O. The summed E-state index contributed by atoms with van der Waals surface area (Å²) in [5, 5.41) is 20.7. The van der Waals surface area contributed by atoms with Gasteiger partial charge in [-0.3, -0.25) is 9.59 Å². The number of phenols is 2. The normalized spacial score (nSPS) is 16.3. The Morgan fingerprint density at radius 1 is 1.03 bits per heavy atom. The van der Waals surface area contributed by atoms with Gasteiger partial charge in [-0.05, 0) is 55.6 Å². The van der Waals surface area contributed by atoms with Crippen LogP contribution in [0.5, 0.6) is 17.2 Å². The molecule has 188 valence electrons. The molecule has 0 atom stereocenters. The van der Waals surface area contributed by atoms with Gasteiger partial charge in [0.25, 0.3) is 11.8 Å². The number of rotatable bonds is 7. The summed E-state index contributed by atoms with van der Waals surface area (Å²) >= 11 is 0. The van der Waals surface area contributed by atoms with E-state index in [0.717, 1.165) is 61.7 Å². The van der Waals surface area contributed by atoms with Gasteiger partial charge >= 0.3 is 0 Å². The zero-order valence-corrected chi connectivity index (χ0v) is 20.8. The van der Waals surface area contributed by atoms with Crippen LogP contribution in [0.15, 0.2) is 30.3 Å². The van der Waals surface area contributed by atoms with Crippen LogP contribution in [0.1, 0.15) is 64.4 Å². The van der Waals surface area contributed by atoms with Crippen LogP contribution >= 0.6 is 0 Å². The Morgan fingerprint density at radius 2 is 1.71 bits per heavy atom. The van der Waals surface area contributed by atoms with Crippen molar-refractivity contribution in [1.82, 2.24) is 14.7 Å². The molecule has 1 saturated heterocycles. The lowest BCUT2D eigenvalue weighted by atomic mass is 10.1. The van der Waals surface area contributed by atoms with E-state index in [2.05, 4.69) is 11.9 Å². The molecule has 35 heavy (non-hydrogen) atoms. The third-order valence-corrected chi connectivity index (χ3v) is 6.92. The number of ether oxygens (including phenoxy) is 1. The number of benzene rings is 2. The minimum atomic E-state index is -0.387. The minimum Gasteiger partial charge on any atom is -0.507 e. The average Bonchev–Trinajstić information content (AvgIpc) is 3.27. The van der Waals surface area contributed by atoms with E-state index in [9.17, 15) is 19.8 Å². The number of piperidine rings is 1. The Labute approximate surface area is 206 Å². The van der Waals surface area contributed by atoms with Crippen molar-refractivity contribution in [3.05, 3.63) is 52.6 Å². The Morgan fingerprint density at radius 3 is 2.43 bits per heavy atom. The molecule has 0 unspecified atom stereocenters. The molecule has 2 heterocycles. The number of likely N-dealkylation sites (tertiary alicyclic amines) is 1. The minimum absolute atomic E-state index is 0.00523. The Kier molecular flexibility index (Phi) is 7.50. The molecule has 0 saturated carbocycles. The number of aromatic hydroxyl groups is 2. The quantitative estimate of drug-likeness (QED) is 0.628. The number of carbonyl (C=O) groups excluding carboxylic acids is 2. The van der Waals surface area contributed by atoms with Gasteiger partial charge in [-0.1, -0.05) is 19.4 Å². The first-order valence-corrected chi connectivity index (χ1v) is 12.3. The van der Waals surface area contributed by atoms with E-state index in [1.54, 1.807) is 11.9 Å². The highest BCUT2D eigenvalue weighted by Crippen LogP contribution is 2.33. The zero-order valence-electron chi connectivity index (χ0n) is 20.8. The monoisotopic (exact) mass is 481 g/mol. The van der Waals surface area contributed by atoms with Gasteiger partial charge in [-0.2, -0.15) is 0 Å². The molecule has 8 nitrogen and oxygen atoms in total. The summed E-state index contributed by atoms with van der Waals surface area (Å²) in [4.78, 5) is 31.6. The fourth-order valence-electron chi connectivity index (χ4n) is 4.68. The maximum atomic E-state index is 13.3. The van der Waals surface area contributed by atoms with Gasteiger partial charge in [0.1, 0.15) is 23.4 Å². The average molecular weight is 482 g/mol. The first-order chi connectivity index (χ1) is 16.8. The van der Waals surface area contributed by atoms with Crippen LogP contribution in [-0.4, -0.2) is 76.6 Å². The summed E-state index contributed by atoms with van der Waals surface area (Å²) in [6, 6.07) is 8.31. The van der Waals surface area contributed by atoms with E-state index >= 15 is 0 Å². The number of fused-ring (bicyclic) bond motifs is 1. The van der Waals surface area contributed by atoms with Crippen LogP contribution in [0, 0.1) is 0 Å². The van der Waals surface area contributed by atoms with Crippen molar-refractivity contribution in [1.29, 1.82) is 0 Å². The van der Waals surface area contributed by atoms with E-state index in [0.29, 0.717) is 19.6 Å². The van der Waals surface area contributed by atoms with Crippen molar-refractivity contribution in [2.24, 2.45) is 0 Å². The first-order valence-electron chi connectivity index (χ1n) is 12.3. The predicted octanol–water partition coefficient (Wildman–Crippen LogP) is 3.60. The lowest BCUT2D eigenvalue weighted by molar-refractivity contribution is 0.0748. The molecular weight excluding hydrogens is 446 g/mol. The topological polar surface area (TPSA) is 93.6 Å². The number of unbranched alkanes of at least 4 members (excludes halogenated alkanes) is 1. The van der Waals surface area contributed by atoms with E-state index in [1.807, 2.05) is 25.1 Å². The molecule has 1 fully saturated rings. The predicted molar refractivity (Wildman–Crippen MR) is 133 cm³/mol. The highest BCUT2D eigenvalue weighted by molar-refractivity contribution is 6.03. The van der Waals surface area contributed by atoms with Crippen LogP contribution in [0.25, 0.3) is 0 Å². The molecule has 0 bridgehead atoms. The molecule has 4 rings (SSSR count). The van der Waals surface area contributed by atoms with Gasteiger partial charge < -0.3 is 29.6 Å². The number of carbonyl (C=O) groups is 2. The van der Waals surface area contributed by atoms with Gasteiger partial charge in [-0.25, -0.2) is 0 Å². The largest absolute Gasteiger partial charge is 0.507 e. The molecule has 2 aromatic rings. The van der Waals surface area contributed by atoms with Gasteiger partial charge in [0, 0.05) is 45.8 Å². The molecule has 0 aromatic heterocycles. The second-order valence-electron chi connectivity index (χ2n) is 9.68. The van der Waals surface area contributed by atoms with Crippen molar-refractivity contribution in [3.63, 3.8) is 0 Å². The summed E-state index contributed by atoms with van der Waals surface area (Å²) in [5.74, 6) is -0.648. The van der Waals surface area contributed by atoms with Crippen LogP contribution in [0.3, 0.4) is 0 Å². The van der Waals surface area contributed by atoms with Crippen molar-refractivity contribution in [2.75, 3.05) is 33.7 Å². The second-order valence-corrected chi connectivity index (χ2v) is 9.68. The second kappa shape index (κ2) is 10.6. The maximum absolute atomic E-state index is 13.3. The van der Waals surface area contributed by atoms with E-state index in [1.165, 1.54) is 11.0 Å². The molecule has 0 aliphatic carbocycles. The highest BCUT2D eigenvalue weighted by atomic mass is 16.5. The molecule has 0 radical (unpaired) electrons. The van der Waals surface area contributed by atoms with Crippen LogP contribution in [0.2, 0.25) is 0 Å². The fraction of sp³-hybridized carbons (Fsp3) is 0.481. The lowest BCUT2D eigenvalue weighted by Gasteiger charge is -2.29. The van der Waals surface area contributed by atoms with E-state index < -0.39 is 0 Å². The Hall–Kier alpha value is -3.26. The lowest BCUT2D eigenvalue weighted by Crippen LogP contribution is -2.35. The maximum Gasteiger partial charge on any atom is 0.258 e. The van der Waals surface area contributed by atoms with Crippen molar-refractivity contribution in [3.8, 4) is 17.2 Å². The Balaban J connectivity index is 1.47. The fourth-order valence-corrected chi connectivity index (χ4v) is 4.68. The summed E-state index contributed by atoms with van der Waals surface area (Å²) in [6.45, 7) is 5.41. The summed E-state index contributed by atoms with van der Waals surface area (Å²) < 4.78 is 6.19. The zero-order chi connectivity index (χ0) is 25.1. The third kappa shape index (κ3) is 5.53. The van der Waals surface area contributed by atoms with Crippen molar-refractivity contribution < 1.29 is 24.5 Å². The van der Waals surface area contributed by atoms with E-state index in [-0.39, 0.29) is 40.5 Å². The van der Waals surface area contributed by atoms with E-state index in [4.69, 9.17) is 4.74 Å². The number of phenolic OH excluding ortho intramolecular Hbond substituents is 2. The molecule has 2 N–H and O–H groups in total. The van der Waals surface area contributed by atoms with Crippen LogP contribution in [0.4, 0.5) is 0 Å². The molecular formula is C27H35N3O5. The molecule has 2 aliphatic heterocycles. The summed E-state index contributed by atoms with van der Waals surface area (Å²) in [5.41, 5.74) is 2.06. The number of nitrogens with zero attached hydrogens (tertiary/aromatic N) is 3. The number of amides is 2. The third-order valence-electron chi connectivity index (χ3n) is 6.92. The molecule has 8 heteroatoms. The van der Waals surface area contributed by atoms with Gasteiger partial charge in [0.2, 0.25) is 0 Å². The molecule has 2 aromatic carbocycles. The molecule has 2 aliphatic rings. The number of hydrogen-bond donors (Lipinski definition) is 2. The van der Waals surface area contributed by atoms with Crippen molar-refractivity contribution in [2.45, 2.75) is 51.8 Å². The number of hydrogen-bond acceptors (Lipinski definition) is 6. The first kappa shape index (κ1) is 24.9. The highest BCUT2D eigenvalue weighted by Gasteiger charge is 2.29. The van der Waals surface area contributed by atoms with Gasteiger partial charge in [0.05, 0.1) is 11.1 Å². The smallest absolute Gasteiger partial charge is 0.258 e. The van der Waals surface area contributed by atoms with Crippen LogP contribution in [-0.2, 0) is 13.1 Å². The Bertz CT molecular complexity index is 1090. The summed E-state index contributed by atoms with van der Waals surface area (Å²) in [6.07, 6.45) is 3.95.